The molecule has 0 spiro atoms. The maximum absolute atomic E-state index is 5.39. The van der Waals surface area contributed by atoms with Crippen LogP contribution in [0.1, 0.15) is 41.6 Å². The van der Waals surface area contributed by atoms with E-state index in [1.807, 2.05) is 38.2 Å². The summed E-state index contributed by atoms with van der Waals surface area (Å²) < 4.78 is 7.56. The van der Waals surface area contributed by atoms with Crippen molar-refractivity contribution in [3.05, 3.63) is 65.4 Å². The van der Waals surface area contributed by atoms with Crippen molar-refractivity contribution >= 4 is 0 Å². The van der Waals surface area contributed by atoms with E-state index in [4.69, 9.17) is 4.52 Å². The minimum absolute atomic E-state index is 0.392. The topological polar surface area (TPSA) is 47.1 Å². The fourth-order valence-corrected chi connectivity index (χ4v) is 3.78. The first-order valence-electron chi connectivity index (χ1n) is 8.48. The van der Waals surface area contributed by atoms with Gasteiger partial charge in [0.15, 0.2) is 0 Å². The Labute approximate surface area is 141 Å². The molecule has 5 heteroatoms. The monoisotopic (exact) mass is 322 g/mol. The summed E-state index contributed by atoms with van der Waals surface area (Å²) in [5.74, 6) is 1.91. The van der Waals surface area contributed by atoms with Crippen LogP contribution in [0.2, 0.25) is 0 Å². The second-order valence-corrected chi connectivity index (χ2v) is 6.42. The van der Waals surface area contributed by atoms with Gasteiger partial charge in [0.2, 0.25) is 0 Å². The Morgan fingerprint density at radius 3 is 2.88 bits per heavy atom. The van der Waals surface area contributed by atoms with Gasteiger partial charge in [0.05, 0.1) is 5.69 Å². The van der Waals surface area contributed by atoms with E-state index in [1.165, 1.54) is 17.7 Å². The number of nitrogens with zero attached hydrogens (tertiary/aromatic N) is 4. The van der Waals surface area contributed by atoms with E-state index in [9.17, 15) is 0 Å². The molecule has 0 amide bonds. The molecule has 3 aromatic heterocycles. The molecule has 1 aliphatic rings. The van der Waals surface area contributed by atoms with Crippen LogP contribution in [0.25, 0.3) is 5.82 Å². The van der Waals surface area contributed by atoms with Crippen molar-refractivity contribution in [3.8, 4) is 5.82 Å². The van der Waals surface area contributed by atoms with Gasteiger partial charge in [-0.25, -0.2) is 4.98 Å². The molecule has 0 radical (unpaired) electrons. The van der Waals surface area contributed by atoms with Crippen LogP contribution >= 0.6 is 0 Å². The standard InChI is InChI=1S/C19H22N4O/c1-14-19(15(2)24-21-14)17-8-6-11-22(17)13-16-7-5-12-23(16)18-9-3-4-10-20-18/h3-5,7,9-10,12,17H,6,8,11,13H2,1-2H3/t17-/m1/s1. The fourth-order valence-electron chi connectivity index (χ4n) is 3.78. The molecule has 124 valence electrons. The first kappa shape index (κ1) is 15.1. The van der Waals surface area contributed by atoms with Crippen molar-refractivity contribution in [3.63, 3.8) is 0 Å². The normalized spacial score (nSPS) is 18.3. The van der Waals surface area contributed by atoms with Gasteiger partial charge in [0.1, 0.15) is 11.6 Å². The van der Waals surface area contributed by atoms with Crippen LogP contribution in [0, 0.1) is 13.8 Å². The summed E-state index contributed by atoms with van der Waals surface area (Å²) >= 11 is 0. The first-order valence-corrected chi connectivity index (χ1v) is 8.48. The number of hydrogen-bond donors (Lipinski definition) is 0. The molecule has 4 rings (SSSR count). The highest BCUT2D eigenvalue weighted by molar-refractivity contribution is 5.29. The van der Waals surface area contributed by atoms with Gasteiger partial charge in [-0.3, -0.25) is 4.90 Å². The number of hydrogen-bond acceptors (Lipinski definition) is 4. The van der Waals surface area contributed by atoms with Crippen molar-refractivity contribution in [2.45, 2.75) is 39.3 Å². The van der Waals surface area contributed by atoms with E-state index in [0.717, 1.165) is 36.8 Å². The summed E-state index contributed by atoms with van der Waals surface area (Å²) in [6.07, 6.45) is 6.28. The number of aromatic nitrogens is 3. The maximum Gasteiger partial charge on any atom is 0.138 e. The molecule has 1 fully saturated rings. The van der Waals surface area contributed by atoms with Gasteiger partial charge >= 0.3 is 0 Å². The average Bonchev–Trinajstić information content (AvgIpc) is 3.31. The molecule has 3 aromatic rings. The van der Waals surface area contributed by atoms with Gasteiger partial charge in [-0.05, 0) is 57.5 Å². The second kappa shape index (κ2) is 6.24. The predicted molar refractivity (Wildman–Crippen MR) is 91.9 cm³/mol. The van der Waals surface area contributed by atoms with Crippen molar-refractivity contribution < 1.29 is 4.52 Å². The van der Waals surface area contributed by atoms with Crippen molar-refractivity contribution in [1.82, 2.24) is 19.6 Å². The summed E-state index contributed by atoms with van der Waals surface area (Å²) in [5.41, 5.74) is 3.54. The number of aryl methyl sites for hydroxylation is 2. The van der Waals surface area contributed by atoms with Crippen LogP contribution in [-0.2, 0) is 6.54 Å². The molecule has 1 atom stereocenters. The van der Waals surface area contributed by atoms with Gasteiger partial charge in [-0.15, -0.1) is 0 Å². The SMILES string of the molecule is Cc1noc(C)c1[C@H]1CCCN1Cc1cccn1-c1ccccn1. The lowest BCUT2D eigenvalue weighted by atomic mass is 10.0. The van der Waals surface area contributed by atoms with Gasteiger partial charge < -0.3 is 9.09 Å². The third-order valence-electron chi connectivity index (χ3n) is 4.88. The van der Waals surface area contributed by atoms with E-state index in [-0.39, 0.29) is 0 Å². The molecular weight excluding hydrogens is 300 g/mol. The quantitative estimate of drug-likeness (QED) is 0.733. The lowest BCUT2D eigenvalue weighted by Gasteiger charge is -2.25. The van der Waals surface area contributed by atoms with Crippen molar-refractivity contribution in [2.75, 3.05) is 6.54 Å². The van der Waals surface area contributed by atoms with E-state index in [1.54, 1.807) is 0 Å². The number of likely N-dealkylation sites (tertiary alicyclic amines) is 1. The van der Waals surface area contributed by atoms with Gasteiger partial charge in [-0.1, -0.05) is 11.2 Å². The Kier molecular flexibility index (Phi) is 3.94. The Morgan fingerprint density at radius 1 is 1.21 bits per heavy atom. The van der Waals surface area contributed by atoms with Crippen LogP contribution in [0.15, 0.2) is 47.2 Å². The smallest absolute Gasteiger partial charge is 0.138 e. The largest absolute Gasteiger partial charge is 0.361 e. The lowest BCUT2D eigenvalue weighted by Crippen LogP contribution is -2.24. The molecule has 0 aliphatic carbocycles. The van der Waals surface area contributed by atoms with Crippen molar-refractivity contribution in [1.29, 1.82) is 0 Å². The Hall–Kier alpha value is -2.40. The Morgan fingerprint density at radius 2 is 2.12 bits per heavy atom. The van der Waals surface area contributed by atoms with Crippen LogP contribution in [0.5, 0.6) is 0 Å². The summed E-state index contributed by atoms with van der Waals surface area (Å²) in [7, 11) is 0. The lowest BCUT2D eigenvalue weighted by molar-refractivity contribution is 0.241. The third kappa shape index (κ3) is 2.65. The molecule has 5 nitrogen and oxygen atoms in total. The molecule has 4 heterocycles. The summed E-state index contributed by atoms with van der Waals surface area (Å²) in [5, 5.41) is 4.14. The fraction of sp³-hybridized carbons (Fsp3) is 0.368. The molecule has 0 N–H and O–H groups in total. The van der Waals surface area contributed by atoms with Crippen molar-refractivity contribution in [2.24, 2.45) is 0 Å². The summed E-state index contributed by atoms with van der Waals surface area (Å²) in [4.78, 5) is 7.00. The Balaban J connectivity index is 1.61. The number of rotatable bonds is 4. The highest BCUT2D eigenvalue weighted by atomic mass is 16.5. The predicted octanol–water partition coefficient (Wildman–Crippen LogP) is 3.81. The number of pyridine rings is 1. The first-order chi connectivity index (χ1) is 11.7. The third-order valence-corrected chi connectivity index (χ3v) is 4.88. The summed E-state index contributed by atoms with van der Waals surface area (Å²) in [6, 6.07) is 10.7. The maximum atomic E-state index is 5.39. The molecule has 1 saturated heterocycles. The van der Waals surface area contributed by atoms with Crippen LogP contribution < -0.4 is 0 Å². The van der Waals surface area contributed by atoms with E-state index < -0.39 is 0 Å². The van der Waals surface area contributed by atoms with E-state index >= 15 is 0 Å². The Bertz CT molecular complexity index is 802. The highest BCUT2D eigenvalue weighted by Gasteiger charge is 2.31. The minimum Gasteiger partial charge on any atom is -0.361 e. The minimum atomic E-state index is 0.392. The van der Waals surface area contributed by atoms with Crippen LogP contribution in [-0.4, -0.2) is 26.2 Å². The zero-order valence-electron chi connectivity index (χ0n) is 14.1. The average molecular weight is 322 g/mol. The zero-order chi connectivity index (χ0) is 16.5. The highest BCUT2D eigenvalue weighted by Crippen LogP contribution is 2.36. The van der Waals surface area contributed by atoms with Gasteiger partial charge in [0.25, 0.3) is 0 Å². The molecular formula is C19H22N4O. The molecule has 0 unspecified atom stereocenters. The van der Waals surface area contributed by atoms with Crippen LogP contribution in [0.3, 0.4) is 0 Å². The second-order valence-electron chi connectivity index (χ2n) is 6.42. The van der Waals surface area contributed by atoms with Crippen LogP contribution in [0.4, 0.5) is 0 Å². The zero-order valence-corrected chi connectivity index (χ0v) is 14.1. The molecule has 24 heavy (non-hydrogen) atoms. The molecule has 1 aliphatic heterocycles. The molecule has 0 bridgehead atoms. The van der Waals surface area contributed by atoms with E-state index in [0.29, 0.717) is 6.04 Å². The molecule has 0 saturated carbocycles. The summed E-state index contributed by atoms with van der Waals surface area (Å²) in [6.45, 7) is 6.06. The molecule has 0 aromatic carbocycles. The van der Waals surface area contributed by atoms with Gasteiger partial charge in [0, 0.05) is 36.2 Å². The van der Waals surface area contributed by atoms with E-state index in [2.05, 4.69) is 37.9 Å². The van der Waals surface area contributed by atoms with Gasteiger partial charge in [-0.2, -0.15) is 0 Å².